The predicted octanol–water partition coefficient (Wildman–Crippen LogP) is 7.97. The largest absolute Gasteiger partial charge is 0.309 e. The second-order valence-corrected chi connectivity index (χ2v) is 9.05. The third-order valence-electron chi connectivity index (χ3n) is 6.93. The highest BCUT2D eigenvalue weighted by molar-refractivity contribution is 6.11. The molecule has 4 nitrogen and oxygen atoms in total. The van der Waals surface area contributed by atoms with E-state index >= 15 is 0 Å². The van der Waals surface area contributed by atoms with Gasteiger partial charge in [0.1, 0.15) is 0 Å². The van der Waals surface area contributed by atoms with Crippen LogP contribution in [0.4, 0.5) is 0 Å². The number of pyridine rings is 3. The fraction of sp³-hybridized carbons (Fsp3) is 0. The van der Waals surface area contributed by atoms with Crippen molar-refractivity contribution in [3.8, 4) is 39.1 Å². The lowest BCUT2D eigenvalue weighted by Gasteiger charge is -2.10. The van der Waals surface area contributed by atoms with Crippen LogP contribution < -0.4 is 0 Å². The standard InChI is InChI=1S/C33H22N4/c1-5-29(6-2-23(1)24-9-15-34-16-10-24)37-32-7-3-27(25-11-17-35-18-12-25)21-30(32)31-22-28(4-8-33(31)37)26-13-19-36-20-14-26/h1-22H. The van der Waals surface area contributed by atoms with E-state index in [-0.39, 0.29) is 0 Å². The molecule has 0 aliphatic heterocycles. The minimum Gasteiger partial charge on any atom is -0.309 e. The molecule has 0 N–H and O–H groups in total. The summed E-state index contributed by atoms with van der Waals surface area (Å²) in [6, 6.07) is 34.5. The smallest absolute Gasteiger partial charge is 0.0541 e. The maximum atomic E-state index is 4.19. The topological polar surface area (TPSA) is 43.6 Å². The Hall–Kier alpha value is -5.09. The number of benzene rings is 3. The molecule has 37 heavy (non-hydrogen) atoms. The first kappa shape index (κ1) is 21.2. The van der Waals surface area contributed by atoms with Gasteiger partial charge >= 0.3 is 0 Å². The van der Waals surface area contributed by atoms with Gasteiger partial charge in [0.15, 0.2) is 0 Å². The highest BCUT2D eigenvalue weighted by Gasteiger charge is 2.15. The molecule has 7 aromatic rings. The SMILES string of the molecule is c1cc(-c2ccc(-n3c4ccc(-c5ccncc5)cc4c4cc(-c5ccncc5)ccc43)cc2)ccn1. The molecule has 0 fully saturated rings. The van der Waals surface area contributed by atoms with Crippen LogP contribution >= 0.6 is 0 Å². The summed E-state index contributed by atoms with van der Waals surface area (Å²) in [7, 11) is 0. The Morgan fingerprint density at radius 2 is 0.703 bits per heavy atom. The molecule has 0 saturated carbocycles. The zero-order chi connectivity index (χ0) is 24.6. The number of nitrogens with zero attached hydrogens (tertiary/aromatic N) is 4. The second kappa shape index (κ2) is 8.85. The highest BCUT2D eigenvalue weighted by Crippen LogP contribution is 2.37. The summed E-state index contributed by atoms with van der Waals surface area (Å²) in [6.07, 6.45) is 11.0. The Bertz CT molecular complexity index is 1740. The maximum Gasteiger partial charge on any atom is 0.0541 e. The average molecular weight is 475 g/mol. The van der Waals surface area contributed by atoms with Crippen LogP contribution in [0, 0.1) is 0 Å². The molecule has 4 aromatic heterocycles. The van der Waals surface area contributed by atoms with Gasteiger partial charge in [0, 0.05) is 53.6 Å². The van der Waals surface area contributed by atoms with E-state index in [1.807, 2.05) is 49.3 Å². The molecule has 4 heteroatoms. The van der Waals surface area contributed by atoms with Gasteiger partial charge in [-0.05, 0) is 106 Å². The summed E-state index contributed by atoms with van der Waals surface area (Å²) in [4.78, 5) is 12.5. The van der Waals surface area contributed by atoms with Gasteiger partial charge in [0.05, 0.1) is 11.0 Å². The lowest BCUT2D eigenvalue weighted by Crippen LogP contribution is -1.94. The summed E-state index contributed by atoms with van der Waals surface area (Å²) >= 11 is 0. The summed E-state index contributed by atoms with van der Waals surface area (Å²) in [6.45, 7) is 0. The van der Waals surface area contributed by atoms with E-state index < -0.39 is 0 Å². The summed E-state index contributed by atoms with van der Waals surface area (Å²) in [5, 5.41) is 2.44. The normalized spacial score (nSPS) is 11.2. The van der Waals surface area contributed by atoms with E-state index in [0.717, 1.165) is 22.4 Å². The van der Waals surface area contributed by atoms with Crippen LogP contribution in [0.3, 0.4) is 0 Å². The van der Waals surface area contributed by atoms with Gasteiger partial charge in [-0.15, -0.1) is 0 Å². The van der Waals surface area contributed by atoms with Gasteiger partial charge in [-0.1, -0.05) is 24.3 Å². The van der Waals surface area contributed by atoms with E-state index in [4.69, 9.17) is 0 Å². The molecule has 0 aliphatic carbocycles. The van der Waals surface area contributed by atoms with Crippen molar-refractivity contribution in [2.75, 3.05) is 0 Å². The predicted molar refractivity (Wildman–Crippen MR) is 150 cm³/mol. The van der Waals surface area contributed by atoms with Gasteiger partial charge in [0.2, 0.25) is 0 Å². The van der Waals surface area contributed by atoms with E-state index in [9.17, 15) is 0 Å². The van der Waals surface area contributed by atoms with Crippen molar-refractivity contribution in [1.82, 2.24) is 19.5 Å². The molecule has 0 unspecified atom stereocenters. The first-order valence-electron chi connectivity index (χ1n) is 12.2. The summed E-state index contributed by atoms with van der Waals surface area (Å²) in [5.74, 6) is 0. The molecule has 0 aliphatic rings. The molecule has 3 aromatic carbocycles. The van der Waals surface area contributed by atoms with E-state index in [0.29, 0.717) is 0 Å². The van der Waals surface area contributed by atoms with Crippen LogP contribution in [0.15, 0.2) is 134 Å². The first-order valence-corrected chi connectivity index (χ1v) is 12.2. The van der Waals surface area contributed by atoms with Gasteiger partial charge in [-0.25, -0.2) is 0 Å². The van der Waals surface area contributed by atoms with Gasteiger partial charge in [-0.2, -0.15) is 0 Å². The van der Waals surface area contributed by atoms with E-state index in [2.05, 4.69) is 104 Å². The van der Waals surface area contributed by atoms with Gasteiger partial charge in [-0.3, -0.25) is 15.0 Å². The highest BCUT2D eigenvalue weighted by atomic mass is 15.0. The molecule has 0 amide bonds. The monoisotopic (exact) mass is 474 g/mol. The van der Waals surface area contributed by atoms with Crippen LogP contribution in [-0.4, -0.2) is 19.5 Å². The Kier molecular flexibility index (Phi) is 5.07. The maximum absolute atomic E-state index is 4.19. The number of hydrogen-bond donors (Lipinski definition) is 0. The fourth-order valence-electron chi connectivity index (χ4n) is 5.10. The third kappa shape index (κ3) is 3.76. The van der Waals surface area contributed by atoms with Crippen LogP contribution in [0.5, 0.6) is 0 Å². The summed E-state index contributed by atoms with van der Waals surface area (Å²) < 4.78 is 2.35. The molecule has 0 atom stereocenters. The summed E-state index contributed by atoms with van der Waals surface area (Å²) in [5.41, 5.74) is 10.5. The van der Waals surface area contributed by atoms with Crippen molar-refractivity contribution in [1.29, 1.82) is 0 Å². The van der Waals surface area contributed by atoms with Crippen molar-refractivity contribution < 1.29 is 0 Å². The average Bonchev–Trinajstić information content (AvgIpc) is 3.31. The molecule has 7 rings (SSSR count). The van der Waals surface area contributed by atoms with Crippen molar-refractivity contribution in [2.45, 2.75) is 0 Å². The van der Waals surface area contributed by atoms with E-state index in [1.54, 1.807) is 0 Å². The lowest BCUT2D eigenvalue weighted by molar-refractivity contribution is 1.18. The number of hydrogen-bond acceptors (Lipinski definition) is 3. The molecule has 0 saturated heterocycles. The van der Waals surface area contributed by atoms with Crippen molar-refractivity contribution in [2.24, 2.45) is 0 Å². The van der Waals surface area contributed by atoms with Crippen molar-refractivity contribution >= 4 is 21.8 Å². The van der Waals surface area contributed by atoms with Crippen molar-refractivity contribution in [3.05, 3.63) is 134 Å². The molecular weight excluding hydrogens is 452 g/mol. The van der Waals surface area contributed by atoms with Crippen LogP contribution in [0.1, 0.15) is 0 Å². The zero-order valence-corrected chi connectivity index (χ0v) is 20.0. The van der Waals surface area contributed by atoms with Gasteiger partial charge in [0.25, 0.3) is 0 Å². The lowest BCUT2D eigenvalue weighted by atomic mass is 10.0. The first-order chi connectivity index (χ1) is 18.3. The Labute approximate surface area is 214 Å². The fourth-order valence-corrected chi connectivity index (χ4v) is 5.10. The van der Waals surface area contributed by atoms with Crippen LogP contribution in [0.25, 0.3) is 60.9 Å². The molecule has 4 heterocycles. The Balaban J connectivity index is 1.45. The second-order valence-electron chi connectivity index (χ2n) is 9.05. The number of rotatable bonds is 4. The van der Waals surface area contributed by atoms with Crippen LogP contribution in [-0.2, 0) is 0 Å². The quantitative estimate of drug-likeness (QED) is 0.260. The van der Waals surface area contributed by atoms with Gasteiger partial charge < -0.3 is 4.57 Å². The molecule has 0 spiro atoms. The van der Waals surface area contributed by atoms with E-state index in [1.165, 1.54) is 38.5 Å². The number of aromatic nitrogens is 4. The Morgan fingerprint density at radius 1 is 0.351 bits per heavy atom. The van der Waals surface area contributed by atoms with Crippen molar-refractivity contribution in [3.63, 3.8) is 0 Å². The molecular formula is C33H22N4. The minimum atomic E-state index is 1.13. The third-order valence-corrected chi connectivity index (χ3v) is 6.93. The zero-order valence-electron chi connectivity index (χ0n) is 20.0. The minimum absolute atomic E-state index is 1.13. The Morgan fingerprint density at radius 3 is 1.14 bits per heavy atom. The van der Waals surface area contributed by atoms with Crippen LogP contribution in [0.2, 0.25) is 0 Å². The number of fused-ring (bicyclic) bond motifs is 3. The molecule has 174 valence electrons. The molecule has 0 radical (unpaired) electrons. The molecule has 0 bridgehead atoms.